The molecule has 0 spiro atoms. The first-order valence-corrected chi connectivity index (χ1v) is 9.44. The maximum atomic E-state index is 14.3. The summed E-state index contributed by atoms with van der Waals surface area (Å²) in [5, 5.41) is 7.38. The van der Waals surface area contributed by atoms with Gasteiger partial charge in [0.25, 0.3) is 5.91 Å². The third kappa shape index (κ3) is 3.70. The molecule has 1 aliphatic heterocycles. The van der Waals surface area contributed by atoms with Crippen LogP contribution >= 0.6 is 11.8 Å². The highest BCUT2D eigenvalue weighted by Gasteiger charge is 2.25. The third-order valence-corrected chi connectivity index (χ3v) is 5.38. The number of hydrogen-bond donors (Lipinski definition) is 1. The van der Waals surface area contributed by atoms with Crippen LogP contribution in [0.1, 0.15) is 37.7 Å². The van der Waals surface area contributed by atoms with Gasteiger partial charge >= 0.3 is 0 Å². The van der Waals surface area contributed by atoms with Crippen LogP contribution in [0, 0.1) is 5.82 Å². The highest BCUT2D eigenvalue weighted by atomic mass is 32.2. The minimum Gasteiger partial charge on any atom is -0.301 e. The summed E-state index contributed by atoms with van der Waals surface area (Å²) >= 11 is 1.32. The van der Waals surface area contributed by atoms with Gasteiger partial charge in [-0.15, -0.1) is 0 Å². The Morgan fingerprint density at radius 2 is 2.15 bits per heavy atom. The van der Waals surface area contributed by atoms with Crippen LogP contribution in [0.15, 0.2) is 40.8 Å². The largest absolute Gasteiger partial charge is 0.301 e. The van der Waals surface area contributed by atoms with Gasteiger partial charge in [0.15, 0.2) is 5.17 Å². The van der Waals surface area contributed by atoms with E-state index in [4.69, 9.17) is 0 Å². The number of carbonyl (C=O) groups is 1. The SMILES string of the molecule is O=C1NC(=NC2CCCCC2)S/C1=C\c1ccc(-n2cncn2)c(F)c1. The van der Waals surface area contributed by atoms with Crippen LogP contribution in [0.2, 0.25) is 0 Å². The predicted molar refractivity (Wildman–Crippen MR) is 99.3 cm³/mol. The van der Waals surface area contributed by atoms with Crippen molar-refractivity contribution in [1.29, 1.82) is 0 Å². The fourth-order valence-corrected chi connectivity index (χ4v) is 4.04. The number of halogens is 1. The first-order valence-electron chi connectivity index (χ1n) is 8.62. The van der Waals surface area contributed by atoms with Gasteiger partial charge in [-0.3, -0.25) is 9.79 Å². The molecule has 0 atom stereocenters. The summed E-state index contributed by atoms with van der Waals surface area (Å²) < 4.78 is 15.7. The summed E-state index contributed by atoms with van der Waals surface area (Å²) in [6.45, 7) is 0. The minimum atomic E-state index is -0.427. The molecular formula is C18H18FN5OS. The average Bonchev–Trinajstić information content (AvgIpc) is 3.27. The fourth-order valence-electron chi connectivity index (χ4n) is 3.15. The maximum Gasteiger partial charge on any atom is 0.264 e. The summed E-state index contributed by atoms with van der Waals surface area (Å²) in [6, 6.07) is 5.04. The number of nitrogens with zero attached hydrogens (tertiary/aromatic N) is 4. The Balaban J connectivity index is 1.52. The van der Waals surface area contributed by atoms with Crippen LogP contribution in [0.25, 0.3) is 11.8 Å². The first-order chi connectivity index (χ1) is 12.7. The molecule has 1 amide bonds. The van der Waals surface area contributed by atoms with Gasteiger partial charge in [-0.1, -0.05) is 25.3 Å². The zero-order chi connectivity index (χ0) is 17.9. The van der Waals surface area contributed by atoms with E-state index in [2.05, 4.69) is 20.4 Å². The molecule has 1 aromatic heterocycles. The number of aliphatic imine (C=N–C) groups is 1. The lowest BCUT2D eigenvalue weighted by Gasteiger charge is -2.17. The molecule has 0 radical (unpaired) electrons. The van der Waals surface area contributed by atoms with Crippen molar-refractivity contribution >= 4 is 28.9 Å². The Kier molecular flexibility index (Phi) is 4.83. The fraction of sp³-hybridized carbons (Fsp3) is 0.333. The van der Waals surface area contributed by atoms with Crippen LogP contribution in [0.3, 0.4) is 0 Å². The second-order valence-corrected chi connectivity index (χ2v) is 7.37. The highest BCUT2D eigenvalue weighted by molar-refractivity contribution is 8.18. The number of hydrogen-bond acceptors (Lipinski definition) is 5. The lowest BCUT2D eigenvalue weighted by Crippen LogP contribution is -2.22. The molecule has 1 saturated heterocycles. The Labute approximate surface area is 154 Å². The lowest BCUT2D eigenvalue weighted by atomic mass is 9.96. The predicted octanol–water partition coefficient (Wildman–Crippen LogP) is 3.30. The Hall–Kier alpha value is -2.48. The molecule has 2 fully saturated rings. The molecule has 0 unspecified atom stereocenters. The van der Waals surface area contributed by atoms with E-state index in [-0.39, 0.29) is 5.91 Å². The van der Waals surface area contributed by atoms with E-state index in [1.807, 2.05) is 0 Å². The summed E-state index contributed by atoms with van der Waals surface area (Å²) in [5.41, 5.74) is 0.927. The summed E-state index contributed by atoms with van der Waals surface area (Å²) in [5.74, 6) is -0.616. The average molecular weight is 371 g/mol. The van der Waals surface area contributed by atoms with E-state index in [0.717, 1.165) is 12.8 Å². The van der Waals surface area contributed by atoms with Crippen molar-refractivity contribution in [3.8, 4) is 5.69 Å². The van der Waals surface area contributed by atoms with Crippen LogP contribution in [0.5, 0.6) is 0 Å². The molecule has 6 nitrogen and oxygen atoms in total. The standard InChI is InChI=1S/C18H18FN5OS/c19-14-8-12(6-7-15(14)24-11-20-10-21-24)9-16-17(25)23-18(26-16)22-13-4-2-1-3-5-13/h6-11,13H,1-5H2,(H,22,23,25)/b16-9-. The Bertz CT molecular complexity index is 872. The highest BCUT2D eigenvalue weighted by Crippen LogP contribution is 2.29. The Morgan fingerprint density at radius 1 is 1.31 bits per heavy atom. The normalized spacial score (nSPS) is 21.5. The summed E-state index contributed by atoms with van der Waals surface area (Å²) in [6.07, 6.45) is 10.3. The minimum absolute atomic E-state index is 0.190. The summed E-state index contributed by atoms with van der Waals surface area (Å²) in [7, 11) is 0. The molecule has 2 aromatic rings. The zero-order valence-corrected chi connectivity index (χ0v) is 14.9. The molecule has 1 N–H and O–H groups in total. The van der Waals surface area contributed by atoms with E-state index < -0.39 is 5.82 Å². The molecule has 2 heterocycles. The number of carbonyl (C=O) groups excluding carboxylic acids is 1. The first kappa shape index (κ1) is 17.0. The van der Waals surface area contributed by atoms with E-state index >= 15 is 0 Å². The number of benzene rings is 1. The van der Waals surface area contributed by atoms with E-state index in [1.165, 1.54) is 54.4 Å². The topological polar surface area (TPSA) is 72.2 Å². The smallest absolute Gasteiger partial charge is 0.264 e. The van der Waals surface area contributed by atoms with Gasteiger partial charge in [0.1, 0.15) is 24.2 Å². The molecule has 0 bridgehead atoms. The van der Waals surface area contributed by atoms with Crippen molar-refractivity contribution in [3.63, 3.8) is 0 Å². The quantitative estimate of drug-likeness (QED) is 0.841. The van der Waals surface area contributed by atoms with Crippen molar-refractivity contribution in [1.82, 2.24) is 20.1 Å². The maximum absolute atomic E-state index is 14.3. The molecule has 134 valence electrons. The number of thioether (sulfide) groups is 1. The van der Waals surface area contributed by atoms with E-state index in [1.54, 1.807) is 18.2 Å². The van der Waals surface area contributed by atoms with Gasteiger partial charge in [-0.05, 0) is 48.4 Å². The number of amides is 1. The monoisotopic (exact) mass is 371 g/mol. The van der Waals surface area contributed by atoms with Crippen LogP contribution in [-0.4, -0.2) is 31.9 Å². The van der Waals surface area contributed by atoms with Gasteiger partial charge < -0.3 is 5.32 Å². The molecule has 1 aliphatic carbocycles. The second-order valence-electron chi connectivity index (χ2n) is 6.34. The van der Waals surface area contributed by atoms with Crippen molar-refractivity contribution in [2.75, 3.05) is 0 Å². The van der Waals surface area contributed by atoms with E-state index in [0.29, 0.717) is 27.4 Å². The molecular weight excluding hydrogens is 353 g/mol. The second kappa shape index (κ2) is 7.41. The number of nitrogens with one attached hydrogen (secondary N) is 1. The van der Waals surface area contributed by atoms with Crippen molar-refractivity contribution in [2.45, 2.75) is 38.1 Å². The molecule has 2 aliphatic rings. The van der Waals surface area contributed by atoms with Crippen molar-refractivity contribution in [2.24, 2.45) is 4.99 Å². The van der Waals surface area contributed by atoms with Gasteiger partial charge in [-0.2, -0.15) is 5.10 Å². The van der Waals surface area contributed by atoms with Crippen molar-refractivity contribution in [3.05, 3.63) is 47.1 Å². The molecule has 1 aromatic carbocycles. The number of rotatable bonds is 3. The lowest BCUT2D eigenvalue weighted by molar-refractivity contribution is -0.115. The molecule has 8 heteroatoms. The molecule has 4 rings (SSSR count). The zero-order valence-electron chi connectivity index (χ0n) is 14.1. The van der Waals surface area contributed by atoms with E-state index in [9.17, 15) is 9.18 Å². The molecule has 1 saturated carbocycles. The summed E-state index contributed by atoms with van der Waals surface area (Å²) in [4.78, 5) is 21.2. The van der Waals surface area contributed by atoms with Crippen LogP contribution in [-0.2, 0) is 4.79 Å². The number of aromatic nitrogens is 3. The Morgan fingerprint density at radius 3 is 2.88 bits per heavy atom. The number of amidine groups is 1. The van der Waals surface area contributed by atoms with Gasteiger partial charge in [0.2, 0.25) is 0 Å². The van der Waals surface area contributed by atoms with Gasteiger partial charge in [-0.25, -0.2) is 14.1 Å². The van der Waals surface area contributed by atoms with Gasteiger partial charge in [0, 0.05) is 0 Å². The third-order valence-electron chi connectivity index (χ3n) is 4.46. The van der Waals surface area contributed by atoms with Crippen LogP contribution in [0.4, 0.5) is 4.39 Å². The van der Waals surface area contributed by atoms with Crippen molar-refractivity contribution < 1.29 is 9.18 Å². The van der Waals surface area contributed by atoms with Gasteiger partial charge in [0.05, 0.1) is 10.9 Å². The molecule has 26 heavy (non-hydrogen) atoms. The van der Waals surface area contributed by atoms with Crippen LogP contribution < -0.4 is 5.32 Å².